The van der Waals surface area contributed by atoms with Crippen LogP contribution in [0.3, 0.4) is 0 Å². The van der Waals surface area contributed by atoms with Crippen molar-refractivity contribution in [2.45, 2.75) is 13.3 Å². The summed E-state index contributed by atoms with van der Waals surface area (Å²) in [6.07, 6.45) is 0.612. The monoisotopic (exact) mass is 268 g/mol. The lowest BCUT2D eigenvalue weighted by Crippen LogP contribution is -2.23. The number of nitrogens with one attached hydrogen (secondary N) is 1. The molecule has 1 N–H and O–H groups in total. The Kier molecular flexibility index (Phi) is 3.75. The van der Waals surface area contributed by atoms with Gasteiger partial charge >= 0.3 is 11.7 Å². The minimum atomic E-state index is -0.676. The predicted molar refractivity (Wildman–Crippen MR) is 64.4 cm³/mol. The molecule has 7 heteroatoms. The van der Waals surface area contributed by atoms with Crippen molar-refractivity contribution in [2.75, 3.05) is 13.1 Å². The molecular weight excluding hydrogens is 255 g/mol. The highest BCUT2D eigenvalue weighted by atomic mass is 19.1. The topological polar surface area (TPSA) is 81.5 Å². The zero-order chi connectivity index (χ0) is 14.0. The van der Waals surface area contributed by atoms with Gasteiger partial charge < -0.3 is 10.1 Å². The lowest BCUT2D eigenvalue weighted by molar-refractivity contribution is -0.386. The second kappa shape index (κ2) is 5.31. The molecule has 0 bridgehead atoms. The van der Waals surface area contributed by atoms with Gasteiger partial charge in [0.05, 0.1) is 10.8 Å². The second-order valence-corrected chi connectivity index (χ2v) is 4.44. The van der Waals surface area contributed by atoms with E-state index >= 15 is 0 Å². The van der Waals surface area contributed by atoms with Crippen LogP contribution in [-0.4, -0.2) is 24.0 Å². The van der Waals surface area contributed by atoms with E-state index in [0.717, 1.165) is 12.1 Å². The first kappa shape index (κ1) is 13.4. The molecule has 1 saturated heterocycles. The number of esters is 1. The maximum atomic E-state index is 13.3. The van der Waals surface area contributed by atoms with Crippen LogP contribution >= 0.6 is 0 Å². The zero-order valence-electron chi connectivity index (χ0n) is 10.3. The number of halogens is 1. The maximum Gasteiger partial charge on any atom is 0.315 e. The van der Waals surface area contributed by atoms with Gasteiger partial charge in [-0.05, 0) is 26.0 Å². The SMILES string of the molecule is Cc1cc(F)cc(OC(=O)C2CCNC2)c1[N+](=O)[O-]. The van der Waals surface area contributed by atoms with Crippen molar-refractivity contribution in [1.82, 2.24) is 5.32 Å². The van der Waals surface area contributed by atoms with Crippen molar-refractivity contribution in [1.29, 1.82) is 0 Å². The number of rotatable bonds is 3. The number of benzene rings is 1. The summed E-state index contributed by atoms with van der Waals surface area (Å²) in [7, 11) is 0. The van der Waals surface area contributed by atoms with E-state index in [2.05, 4.69) is 5.32 Å². The van der Waals surface area contributed by atoms with E-state index in [-0.39, 0.29) is 22.9 Å². The van der Waals surface area contributed by atoms with Crippen molar-refractivity contribution in [3.63, 3.8) is 0 Å². The standard InChI is InChI=1S/C12H13FN2O4/c1-7-4-9(13)5-10(11(7)15(17)18)19-12(16)8-2-3-14-6-8/h4-5,8,14H,2-3,6H2,1H3. The van der Waals surface area contributed by atoms with E-state index in [0.29, 0.717) is 19.5 Å². The summed E-state index contributed by atoms with van der Waals surface area (Å²) in [5, 5.41) is 13.9. The molecule has 1 atom stereocenters. The highest BCUT2D eigenvalue weighted by molar-refractivity contribution is 5.77. The van der Waals surface area contributed by atoms with E-state index < -0.39 is 16.7 Å². The lowest BCUT2D eigenvalue weighted by atomic mass is 10.1. The number of nitro benzene ring substituents is 1. The molecular formula is C12H13FN2O4. The highest BCUT2D eigenvalue weighted by Crippen LogP contribution is 2.32. The highest BCUT2D eigenvalue weighted by Gasteiger charge is 2.28. The summed E-state index contributed by atoms with van der Waals surface area (Å²) in [6.45, 7) is 2.57. The Morgan fingerprint density at radius 3 is 2.89 bits per heavy atom. The van der Waals surface area contributed by atoms with Crippen LogP contribution in [0.5, 0.6) is 5.75 Å². The van der Waals surface area contributed by atoms with Crippen LogP contribution in [0.4, 0.5) is 10.1 Å². The lowest BCUT2D eigenvalue weighted by Gasteiger charge is -2.10. The molecule has 19 heavy (non-hydrogen) atoms. The van der Waals surface area contributed by atoms with Gasteiger partial charge in [-0.25, -0.2) is 4.39 Å². The molecule has 0 radical (unpaired) electrons. The molecule has 2 rings (SSSR count). The van der Waals surface area contributed by atoms with E-state index in [1.54, 1.807) is 0 Å². The molecule has 1 unspecified atom stereocenters. The van der Waals surface area contributed by atoms with E-state index in [1.165, 1.54) is 6.92 Å². The van der Waals surface area contributed by atoms with E-state index in [9.17, 15) is 19.3 Å². The van der Waals surface area contributed by atoms with Crippen LogP contribution in [0.15, 0.2) is 12.1 Å². The predicted octanol–water partition coefficient (Wildman–Crippen LogP) is 1.56. The molecule has 1 fully saturated rings. The number of carbonyl (C=O) groups is 1. The summed E-state index contributed by atoms with van der Waals surface area (Å²) in [6, 6.07) is 1.90. The Bertz CT molecular complexity index is 527. The van der Waals surface area contributed by atoms with Crippen LogP contribution in [0.1, 0.15) is 12.0 Å². The Balaban J connectivity index is 2.28. The number of ether oxygens (including phenoxy) is 1. The molecule has 1 aliphatic rings. The molecule has 0 aliphatic carbocycles. The van der Waals surface area contributed by atoms with Gasteiger partial charge in [0.2, 0.25) is 5.75 Å². The smallest absolute Gasteiger partial charge is 0.315 e. The van der Waals surface area contributed by atoms with Crippen LogP contribution in [0.25, 0.3) is 0 Å². The molecule has 0 aromatic heterocycles. The van der Waals surface area contributed by atoms with Crippen molar-refractivity contribution >= 4 is 11.7 Å². The normalized spacial score (nSPS) is 18.3. The number of carbonyl (C=O) groups excluding carboxylic acids is 1. The van der Waals surface area contributed by atoms with Crippen molar-refractivity contribution in [3.05, 3.63) is 33.6 Å². The minimum absolute atomic E-state index is 0.123. The molecule has 1 aromatic carbocycles. The first-order chi connectivity index (χ1) is 8.99. The fourth-order valence-corrected chi connectivity index (χ4v) is 2.06. The number of aryl methyl sites for hydroxylation is 1. The Morgan fingerprint density at radius 2 is 2.32 bits per heavy atom. The Morgan fingerprint density at radius 1 is 1.58 bits per heavy atom. The first-order valence-corrected chi connectivity index (χ1v) is 5.86. The third-order valence-electron chi connectivity index (χ3n) is 3.02. The van der Waals surface area contributed by atoms with Gasteiger partial charge in [0.25, 0.3) is 0 Å². The van der Waals surface area contributed by atoms with Crippen molar-refractivity contribution in [2.24, 2.45) is 5.92 Å². The molecule has 0 spiro atoms. The summed E-state index contributed by atoms with van der Waals surface area (Å²) < 4.78 is 18.3. The maximum absolute atomic E-state index is 13.3. The molecule has 1 aliphatic heterocycles. The van der Waals surface area contributed by atoms with Gasteiger partial charge in [-0.1, -0.05) is 0 Å². The molecule has 0 saturated carbocycles. The fraction of sp³-hybridized carbons (Fsp3) is 0.417. The summed E-state index contributed by atoms with van der Waals surface area (Å²) in [5.74, 6) is -1.92. The fourth-order valence-electron chi connectivity index (χ4n) is 2.06. The average Bonchev–Trinajstić information content (AvgIpc) is 2.80. The van der Waals surface area contributed by atoms with Gasteiger partial charge in [0, 0.05) is 18.2 Å². The van der Waals surface area contributed by atoms with Crippen LogP contribution in [-0.2, 0) is 4.79 Å². The van der Waals surface area contributed by atoms with Gasteiger partial charge in [-0.15, -0.1) is 0 Å². The minimum Gasteiger partial charge on any atom is -0.419 e. The summed E-state index contributed by atoms with van der Waals surface area (Å²) in [4.78, 5) is 22.1. The van der Waals surface area contributed by atoms with E-state index in [1.807, 2.05) is 0 Å². The number of nitro groups is 1. The Hall–Kier alpha value is -2.02. The van der Waals surface area contributed by atoms with Crippen molar-refractivity contribution < 1.29 is 18.8 Å². The number of nitrogens with zero attached hydrogens (tertiary/aromatic N) is 1. The Labute approximate surface area is 108 Å². The molecule has 1 heterocycles. The molecule has 1 aromatic rings. The quantitative estimate of drug-likeness (QED) is 0.389. The first-order valence-electron chi connectivity index (χ1n) is 5.86. The molecule has 6 nitrogen and oxygen atoms in total. The van der Waals surface area contributed by atoms with Crippen LogP contribution in [0, 0.1) is 28.8 Å². The molecule has 0 amide bonds. The number of hydrogen-bond acceptors (Lipinski definition) is 5. The van der Waals surface area contributed by atoms with Gasteiger partial charge in [-0.2, -0.15) is 0 Å². The third-order valence-corrected chi connectivity index (χ3v) is 3.02. The number of hydrogen-bond donors (Lipinski definition) is 1. The third kappa shape index (κ3) is 2.87. The van der Waals surface area contributed by atoms with Gasteiger partial charge in [-0.3, -0.25) is 14.9 Å². The van der Waals surface area contributed by atoms with Gasteiger partial charge in [0.15, 0.2) is 0 Å². The summed E-state index contributed by atoms with van der Waals surface area (Å²) in [5.41, 5.74) is -0.252. The molecule has 102 valence electrons. The van der Waals surface area contributed by atoms with Crippen LogP contribution in [0.2, 0.25) is 0 Å². The summed E-state index contributed by atoms with van der Waals surface area (Å²) >= 11 is 0. The van der Waals surface area contributed by atoms with Crippen molar-refractivity contribution in [3.8, 4) is 5.75 Å². The second-order valence-electron chi connectivity index (χ2n) is 4.44. The van der Waals surface area contributed by atoms with Gasteiger partial charge in [0.1, 0.15) is 5.82 Å². The average molecular weight is 268 g/mol. The largest absolute Gasteiger partial charge is 0.419 e. The zero-order valence-corrected chi connectivity index (χ0v) is 10.3. The van der Waals surface area contributed by atoms with Crippen LogP contribution < -0.4 is 10.1 Å². The van der Waals surface area contributed by atoms with E-state index in [4.69, 9.17) is 4.74 Å².